The number of phenolic OH excluding ortho intramolecular Hbond substituents is 2. The van der Waals surface area contributed by atoms with Gasteiger partial charge in [0.05, 0.1) is 40.9 Å². The zero-order valence-electron chi connectivity index (χ0n) is 40.3. The molecule has 9 rings (SSSR count). The van der Waals surface area contributed by atoms with Crippen LogP contribution in [0.25, 0.3) is 10.8 Å². The number of carbonyl (C=O) groups excluding carboxylic acids is 2. The maximum Gasteiger partial charge on any atom is 0.312 e. The Bertz CT molecular complexity index is 2630. The van der Waals surface area contributed by atoms with Crippen LogP contribution in [0.3, 0.4) is 0 Å². The largest absolute Gasteiger partial charge is 0.507 e. The molecule has 15 nitrogen and oxygen atoms in total. The third-order valence-electron chi connectivity index (χ3n) is 14.2. The highest BCUT2D eigenvalue weighted by Crippen LogP contribution is 2.50. The standard InChI is InChI=1S/C52H67FN6O9/c1-30(2)29-57-23-19-52(20-24-57)55-42-39-40-46(62)34(6)48-41(39)49(64)51(7,67-48)66-27-9-8-14-37(68-59-22-11-21-58(25-26-59)36-17-15-35(53)16-18-36)28-38(60)33(5)45(61)31(3)12-10-13-32(4)50(65)54-44(47(40)63)43(42)56-52/h9-10,12-13,15-18,27,30-31,33,37-38,45,60-63H,8,11,14,19-26,28-29H2,1-7H3,(H,54,65)/b12-10+,27-9+,32-13-/t31?,33-,37+,38?,45-,51?/m0/s1. The third kappa shape index (κ3) is 9.88. The minimum absolute atomic E-state index is 0.0337. The first kappa shape index (κ1) is 49.0. The van der Waals surface area contributed by atoms with Crippen molar-refractivity contribution in [3.63, 3.8) is 0 Å². The van der Waals surface area contributed by atoms with E-state index in [1.165, 1.54) is 25.3 Å². The molecule has 0 radical (unpaired) electrons. The van der Waals surface area contributed by atoms with Crippen molar-refractivity contribution in [2.45, 2.75) is 117 Å². The van der Waals surface area contributed by atoms with E-state index in [4.69, 9.17) is 24.3 Å². The number of allylic oxidation sites excluding steroid dienone is 3. The molecule has 5 N–H and O–H groups in total. The number of halogens is 1. The number of hydroxylamine groups is 2. The van der Waals surface area contributed by atoms with Crippen molar-refractivity contribution in [2.75, 3.05) is 56.0 Å². The predicted octanol–water partition coefficient (Wildman–Crippen LogP) is 6.35. The summed E-state index contributed by atoms with van der Waals surface area (Å²) in [5, 5.41) is 52.5. The van der Waals surface area contributed by atoms with Crippen molar-refractivity contribution in [1.82, 2.24) is 9.96 Å². The van der Waals surface area contributed by atoms with Crippen LogP contribution in [0.4, 0.5) is 15.8 Å². The molecule has 3 aromatic rings. The Morgan fingerprint density at radius 1 is 0.956 bits per heavy atom. The van der Waals surface area contributed by atoms with Crippen molar-refractivity contribution >= 4 is 33.8 Å². The highest BCUT2D eigenvalue weighted by atomic mass is 19.1. The van der Waals surface area contributed by atoms with Crippen LogP contribution in [-0.4, -0.2) is 118 Å². The fourth-order valence-corrected chi connectivity index (χ4v) is 10.1. The van der Waals surface area contributed by atoms with E-state index in [1.54, 1.807) is 57.2 Å². The summed E-state index contributed by atoms with van der Waals surface area (Å²) >= 11 is 0. The summed E-state index contributed by atoms with van der Waals surface area (Å²) in [5.41, 5.74) is 0.516. The minimum Gasteiger partial charge on any atom is -0.507 e. The molecule has 1 amide bonds. The minimum atomic E-state index is -1.87. The molecule has 5 bridgehead atoms. The smallest absolute Gasteiger partial charge is 0.312 e. The lowest BCUT2D eigenvalue weighted by molar-refractivity contribution is -0.205. The number of carbonyl (C=O) groups is 2. The van der Waals surface area contributed by atoms with Crippen molar-refractivity contribution < 1.29 is 48.7 Å². The second-order valence-electron chi connectivity index (χ2n) is 19.9. The summed E-state index contributed by atoms with van der Waals surface area (Å²) in [6.45, 7) is 17.7. The van der Waals surface area contributed by atoms with Gasteiger partial charge in [0.2, 0.25) is 0 Å². The molecule has 2 fully saturated rings. The molecule has 6 heterocycles. The van der Waals surface area contributed by atoms with Gasteiger partial charge in [-0.3, -0.25) is 24.4 Å². The molecular weight excluding hydrogens is 872 g/mol. The summed E-state index contributed by atoms with van der Waals surface area (Å²) in [4.78, 5) is 50.3. The van der Waals surface area contributed by atoms with E-state index in [0.717, 1.165) is 38.3 Å². The number of nitrogens with one attached hydrogen (secondary N) is 1. The molecule has 1 spiro atoms. The SMILES string of the molecule is C/C1=C/C=C/C(C)[C@H](O)[C@@H](C)C(O)C[C@H](ON2CCCN(c3ccc(F)cc3)CC2)CC/C=C/OC2(C)Oc3c(C)c(O)c4c(O)c(c5c(c4c3C2=O)=NC2(CCN(CC(C)C)CC2)N=5)NC1=O. The molecule has 366 valence electrons. The van der Waals surface area contributed by atoms with Crippen LogP contribution < -0.4 is 25.7 Å². The number of Topliss-reactive ketones (excluding diaryl/α,β-unsaturated/α-hetero) is 1. The number of amides is 1. The Kier molecular flexibility index (Phi) is 14.4. The number of aliphatic hydroxyl groups is 2. The number of anilines is 2. The highest BCUT2D eigenvalue weighted by molar-refractivity contribution is 6.19. The van der Waals surface area contributed by atoms with Crippen molar-refractivity contribution in [1.29, 1.82) is 0 Å². The molecular formula is C52H67FN6O9. The van der Waals surface area contributed by atoms with Crippen molar-refractivity contribution in [3.8, 4) is 17.2 Å². The maximum absolute atomic E-state index is 14.8. The van der Waals surface area contributed by atoms with Crippen LogP contribution in [0.15, 0.2) is 70.4 Å². The third-order valence-corrected chi connectivity index (χ3v) is 14.2. The Labute approximate surface area is 397 Å². The first-order chi connectivity index (χ1) is 32.4. The number of benzene rings is 3. The molecule has 0 aliphatic carbocycles. The van der Waals surface area contributed by atoms with E-state index in [2.05, 4.69) is 29.0 Å². The average molecular weight is 939 g/mol. The molecule has 3 aromatic carbocycles. The summed E-state index contributed by atoms with van der Waals surface area (Å²) in [5.74, 6) is -4.46. The zero-order chi connectivity index (χ0) is 48.7. The Hall–Kier alpha value is -5.39. The average Bonchev–Trinajstić information content (AvgIpc) is 3.69. The molecule has 0 saturated carbocycles. The number of rotatable bonds is 5. The highest BCUT2D eigenvalue weighted by Gasteiger charge is 2.50. The van der Waals surface area contributed by atoms with Crippen LogP contribution in [-0.2, 0) is 14.4 Å². The van der Waals surface area contributed by atoms with Gasteiger partial charge in [-0.2, -0.15) is 5.06 Å². The van der Waals surface area contributed by atoms with Crippen LogP contribution in [0, 0.1) is 30.5 Å². The monoisotopic (exact) mass is 938 g/mol. The van der Waals surface area contributed by atoms with E-state index < -0.39 is 59.0 Å². The second-order valence-corrected chi connectivity index (χ2v) is 19.9. The fraction of sp³-hybridized carbons (Fsp3) is 0.538. The molecule has 3 unspecified atom stereocenters. The van der Waals surface area contributed by atoms with Gasteiger partial charge in [0.15, 0.2) is 11.4 Å². The topological polar surface area (TPSA) is 189 Å². The van der Waals surface area contributed by atoms with Crippen LogP contribution in [0.5, 0.6) is 17.2 Å². The first-order valence-corrected chi connectivity index (χ1v) is 24.2. The lowest BCUT2D eigenvalue weighted by atomic mass is 9.86. The fourth-order valence-electron chi connectivity index (χ4n) is 10.1. The number of likely N-dealkylation sites (tertiary alicyclic amines) is 1. The van der Waals surface area contributed by atoms with Gasteiger partial charge < -0.3 is 45.0 Å². The molecule has 6 atom stereocenters. The molecule has 6 aliphatic rings. The summed E-state index contributed by atoms with van der Waals surface area (Å²) in [6, 6.07) is 6.46. The van der Waals surface area contributed by atoms with Gasteiger partial charge >= 0.3 is 5.79 Å². The van der Waals surface area contributed by atoms with Crippen LogP contribution in [0.1, 0.15) is 96.0 Å². The first-order valence-electron chi connectivity index (χ1n) is 24.2. The van der Waals surface area contributed by atoms with Crippen LogP contribution in [0.2, 0.25) is 0 Å². The number of phenols is 2. The number of ketones is 1. The number of aliphatic hydroxyl groups excluding tert-OH is 2. The number of piperidine rings is 1. The van der Waals surface area contributed by atoms with Crippen molar-refractivity contribution in [2.24, 2.45) is 27.7 Å². The Balaban J connectivity index is 1.14. The van der Waals surface area contributed by atoms with Gasteiger partial charge in [0.1, 0.15) is 28.4 Å². The number of nitrogens with zero attached hydrogens (tertiary/aromatic N) is 5. The van der Waals surface area contributed by atoms with E-state index in [1.807, 2.05) is 12.0 Å². The normalized spacial score (nSPS) is 29.1. The number of fused-ring (bicyclic) bond motifs is 13. The number of aromatic hydroxyl groups is 2. The molecule has 6 aliphatic heterocycles. The second kappa shape index (κ2) is 19.9. The van der Waals surface area contributed by atoms with Gasteiger partial charge in [-0.15, -0.1) is 0 Å². The maximum atomic E-state index is 14.8. The predicted molar refractivity (Wildman–Crippen MR) is 257 cm³/mol. The molecule has 68 heavy (non-hydrogen) atoms. The van der Waals surface area contributed by atoms with Crippen LogP contribution >= 0.6 is 0 Å². The molecule has 16 heteroatoms. The van der Waals surface area contributed by atoms with E-state index in [0.29, 0.717) is 51.2 Å². The summed E-state index contributed by atoms with van der Waals surface area (Å²) < 4.78 is 26.2. The van der Waals surface area contributed by atoms with Gasteiger partial charge in [-0.05, 0) is 69.4 Å². The number of hydrogen-bond acceptors (Lipinski definition) is 14. The van der Waals surface area contributed by atoms with Gasteiger partial charge in [-0.1, -0.05) is 45.9 Å². The van der Waals surface area contributed by atoms with Gasteiger partial charge in [0.25, 0.3) is 11.7 Å². The van der Waals surface area contributed by atoms with Gasteiger partial charge in [-0.25, -0.2) is 4.39 Å². The summed E-state index contributed by atoms with van der Waals surface area (Å²) in [6.07, 6.45) is 8.89. The lowest BCUT2D eigenvalue weighted by Gasteiger charge is -2.36. The zero-order valence-corrected chi connectivity index (χ0v) is 40.3. The van der Waals surface area contributed by atoms with Crippen molar-refractivity contribution in [3.05, 3.63) is 88.1 Å². The van der Waals surface area contributed by atoms with E-state index in [-0.39, 0.29) is 67.6 Å². The van der Waals surface area contributed by atoms with E-state index >= 15 is 0 Å². The Morgan fingerprint density at radius 2 is 1.68 bits per heavy atom. The quantitative estimate of drug-likeness (QED) is 0.179. The molecule has 2 saturated heterocycles. The Morgan fingerprint density at radius 3 is 2.40 bits per heavy atom. The summed E-state index contributed by atoms with van der Waals surface area (Å²) in [7, 11) is 0. The molecule has 0 aromatic heterocycles. The number of hydrogen-bond donors (Lipinski definition) is 5. The van der Waals surface area contributed by atoms with E-state index in [9.17, 15) is 34.4 Å². The lowest BCUT2D eigenvalue weighted by Crippen LogP contribution is -2.43. The van der Waals surface area contributed by atoms with Gasteiger partial charge in [0, 0.05) is 106 Å². The number of ether oxygens (including phenoxy) is 2.